The molecule has 0 spiro atoms. The number of ether oxygens (including phenoxy) is 2. The van der Waals surface area contributed by atoms with Crippen molar-refractivity contribution in [1.82, 2.24) is 19.9 Å². The Hall–Kier alpha value is -2.20. The summed E-state index contributed by atoms with van der Waals surface area (Å²) in [4.78, 5) is 34.7. The highest BCUT2D eigenvalue weighted by atomic mass is 16.5. The molecule has 1 aromatic heterocycles. The number of morpholine rings is 2. The van der Waals surface area contributed by atoms with Crippen LogP contribution in [0.3, 0.4) is 0 Å². The van der Waals surface area contributed by atoms with E-state index in [4.69, 9.17) is 24.4 Å². The van der Waals surface area contributed by atoms with Crippen LogP contribution in [0.1, 0.15) is 13.3 Å². The fourth-order valence-corrected chi connectivity index (χ4v) is 3.67. The van der Waals surface area contributed by atoms with Gasteiger partial charge < -0.3 is 29.1 Å². The Morgan fingerprint density at radius 2 is 1.11 bits per heavy atom. The Morgan fingerprint density at radius 1 is 0.714 bits per heavy atom. The predicted molar refractivity (Wildman–Crippen MR) is 105 cm³/mol. The smallest absolute Gasteiger partial charge is 0.232 e. The number of piperazine rings is 1. The van der Waals surface area contributed by atoms with Crippen LogP contribution < -0.4 is 14.7 Å². The van der Waals surface area contributed by atoms with E-state index in [1.165, 1.54) is 0 Å². The molecule has 3 aliphatic heterocycles. The molecular formula is C18H29N7O3. The minimum atomic E-state index is 0.207. The monoisotopic (exact) mass is 391 g/mol. The fourth-order valence-electron chi connectivity index (χ4n) is 3.67. The van der Waals surface area contributed by atoms with Gasteiger partial charge in [0.05, 0.1) is 26.4 Å². The second-order valence-electron chi connectivity index (χ2n) is 7.16. The lowest BCUT2D eigenvalue weighted by Gasteiger charge is -2.36. The highest BCUT2D eigenvalue weighted by molar-refractivity contribution is 5.76. The number of nitrogens with zero attached hydrogens (tertiary/aromatic N) is 7. The van der Waals surface area contributed by atoms with Crippen LogP contribution in [0, 0.1) is 0 Å². The topological polar surface area (TPSA) is 87.2 Å². The summed E-state index contributed by atoms with van der Waals surface area (Å²) in [5.41, 5.74) is 0. The van der Waals surface area contributed by atoms with E-state index in [0.717, 1.165) is 39.3 Å². The van der Waals surface area contributed by atoms with Crippen molar-refractivity contribution in [3.63, 3.8) is 0 Å². The van der Waals surface area contributed by atoms with Crippen molar-refractivity contribution >= 4 is 23.8 Å². The van der Waals surface area contributed by atoms with Gasteiger partial charge in [-0.2, -0.15) is 15.0 Å². The maximum atomic E-state index is 12.0. The number of hydrogen-bond acceptors (Lipinski definition) is 9. The third kappa shape index (κ3) is 4.27. The summed E-state index contributed by atoms with van der Waals surface area (Å²) < 4.78 is 10.9. The van der Waals surface area contributed by atoms with Gasteiger partial charge in [0.1, 0.15) is 0 Å². The quantitative estimate of drug-likeness (QED) is 0.680. The Labute approximate surface area is 165 Å². The lowest BCUT2D eigenvalue weighted by Crippen LogP contribution is -2.49. The third-order valence-corrected chi connectivity index (χ3v) is 5.41. The summed E-state index contributed by atoms with van der Waals surface area (Å²) in [5.74, 6) is 2.32. The molecule has 10 nitrogen and oxygen atoms in total. The van der Waals surface area contributed by atoms with Gasteiger partial charge in [0.15, 0.2) is 0 Å². The zero-order valence-corrected chi connectivity index (χ0v) is 16.5. The molecule has 28 heavy (non-hydrogen) atoms. The fraction of sp³-hybridized carbons (Fsp3) is 0.778. The minimum Gasteiger partial charge on any atom is -0.378 e. The van der Waals surface area contributed by atoms with E-state index in [-0.39, 0.29) is 5.91 Å². The number of amides is 1. The van der Waals surface area contributed by atoms with E-state index in [9.17, 15) is 4.79 Å². The molecule has 3 aliphatic rings. The van der Waals surface area contributed by atoms with Gasteiger partial charge in [-0.3, -0.25) is 4.79 Å². The summed E-state index contributed by atoms with van der Waals surface area (Å²) in [5, 5.41) is 0. The number of carbonyl (C=O) groups is 1. The van der Waals surface area contributed by atoms with E-state index in [2.05, 4.69) is 14.7 Å². The molecule has 0 atom stereocenters. The Morgan fingerprint density at radius 3 is 1.50 bits per heavy atom. The van der Waals surface area contributed by atoms with Gasteiger partial charge in [-0.05, 0) is 0 Å². The van der Waals surface area contributed by atoms with Crippen LogP contribution in [-0.4, -0.2) is 105 Å². The van der Waals surface area contributed by atoms with Crippen molar-refractivity contribution in [3.05, 3.63) is 0 Å². The number of rotatable bonds is 4. The zero-order valence-electron chi connectivity index (χ0n) is 16.5. The minimum absolute atomic E-state index is 0.207. The molecule has 4 heterocycles. The average Bonchev–Trinajstić information content (AvgIpc) is 2.79. The van der Waals surface area contributed by atoms with Gasteiger partial charge >= 0.3 is 0 Å². The van der Waals surface area contributed by atoms with Crippen molar-refractivity contribution in [1.29, 1.82) is 0 Å². The van der Waals surface area contributed by atoms with E-state index < -0.39 is 0 Å². The lowest BCUT2D eigenvalue weighted by atomic mass is 10.3. The molecule has 0 saturated carbocycles. The van der Waals surface area contributed by atoms with Crippen LogP contribution in [0.25, 0.3) is 0 Å². The third-order valence-electron chi connectivity index (χ3n) is 5.41. The standard InChI is InChI=1S/C18H29N7O3/c1-2-15(26)22-3-5-23(6-4-22)16-19-17(24-7-11-27-12-8-24)21-18(20-16)25-9-13-28-14-10-25/h2-14H2,1H3. The highest BCUT2D eigenvalue weighted by Gasteiger charge is 2.25. The van der Waals surface area contributed by atoms with E-state index in [0.29, 0.717) is 63.8 Å². The summed E-state index contributed by atoms with van der Waals surface area (Å²) in [6, 6.07) is 0. The average molecular weight is 391 g/mol. The van der Waals surface area contributed by atoms with Crippen molar-refractivity contribution in [2.75, 3.05) is 93.5 Å². The summed E-state index contributed by atoms with van der Waals surface area (Å²) in [7, 11) is 0. The number of anilines is 3. The number of aromatic nitrogens is 3. The summed E-state index contributed by atoms with van der Waals surface area (Å²) >= 11 is 0. The predicted octanol–water partition coefficient (Wildman–Crippen LogP) is -0.397. The SMILES string of the molecule is CCC(=O)N1CCN(c2nc(N3CCOCC3)nc(N3CCOCC3)n2)CC1. The Balaban J connectivity index is 1.56. The second-order valence-corrected chi connectivity index (χ2v) is 7.16. The molecule has 4 rings (SSSR count). The van der Waals surface area contributed by atoms with Crippen LogP contribution in [0.2, 0.25) is 0 Å². The first-order valence-corrected chi connectivity index (χ1v) is 10.2. The van der Waals surface area contributed by atoms with E-state index in [1.54, 1.807) is 0 Å². The molecule has 0 unspecified atom stereocenters. The number of hydrogen-bond donors (Lipinski definition) is 0. The maximum Gasteiger partial charge on any atom is 0.232 e. The molecule has 3 fully saturated rings. The van der Waals surface area contributed by atoms with Crippen LogP contribution >= 0.6 is 0 Å². The molecule has 0 aliphatic carbocycles. The van der Waals surface area contributed by atoms with Gasteiger partial charge in [-0.25, -0.2) is 0 Å². The van der Waals surface area contributed by atoms with Crippen LogP contribution in [0.15, 0.2) is 0 Å². The summed E-state index contributed by atoms with van der Waals surface area (Å²) in [6.45, 7) is 10.7. The van der Waals surface area contributed by atoms with Gasteiger partial charge in [-0.1, -0.05) is 6.92 Å². The zero-order chi connectivity index (χ0) is 19.3. The Bertz CT molecular complexity index is 633. The molecule has 0 N–H and O–H groups in total. The van der Waals surface area contributed by atoms with Crippen molar-refractivity contribution in [2.24, 2.45) is 0 Å². The van der Waals surface area contributed by atoms with E-state index in [1.807, 2.05) is 11.8 Å². The molecular weight excluding hydrogens is 362 g/mol. The van der Waals surface area contributed by atoms with Gasteiger partial charge in [0, 0.05) is 58.8 Å². The first-order chi connectivity index (χ1) is 13.7. The van der Waals surface area contributed by atoms with Crippen LogP contribution in [0.4, 0.5) is 17.8 Å². The Kier molecular flexibility index (Phi) is 6.06. The van der Waals surface area contributed by atoms with Gasteiger partial charge in [0.25, 0.3) is 0 Å². The molecule has 0 radical (unpaired) electrons. The molecule has 10 heteroatoms. The highest BCUT2D eigenvalue weighted by Crippen LogP contribution is 2.21. The second kappa shape index (κ2) is 8.87. The molecule has 1 aromatic rings. The lowest BCUT2D eigenvalue weighted by molar-refractivity contribution is -0.131. The maximum absolute atomic E-state index is 12.0. The van der Waals surface area contributed by atoms with Crippen molar-refractivity contribution < 1.29 is 14.3 Å². The first kappa shape index (κ1) is 19.1. The largest absolute Gasteiger partial charge is 0.378 e. The van der Waals surface area contributed by atoms with Gasteiger partial charge in [0.2, 0.25) is 23.8 Å². The normalized spacial score (nSPS) is 21.2. The molecule has 0 bridgehead atoms. The number of carbonyl (C=O) groups excluding carboxylic acids is 1. The van der Waals surface area contributed by atoms with Crippen molar-refractivity contribution in [3.8, 4) is 0 Å². The van der Waals surface area contributed by atoms with Crippen LogP contribution in [-0.2, 0) is 14.3 Å². The van der Waals surface area contributed by atoms with Crippen LogP contribution in [0.5, 0.6) is 0 Å². The molecule has 154 valence electrons. The molecule has 3 saturated heterocycles. The molecule has 1 amide bonds. The van der Waals surface area contributed by atoms with E-state index >= 15 is 0 Å². The van der Waals surface area contributed by atoms with Crippen molar-refractivity contribution in [2.45, 2.75) is 13.3 Å². The molecule has 0 aromatic carbocycles. The van der Waals surface area contributed by atoms with Gasteiger partial charge in [-0.15, -0.1) is 0 Å². The summed E-state index contributed by atoms with van der Waals surface area (Å²) in [6.07, 6.45) is 0.550. The first-order valence-electron chi connectivity index (χ1n) is 10.2.